The predicted molar refractivity (Wildman–Crippen MR) is 109 cm³/mol. The first-order valence-electron chi connectivity index (χ1n) is 8.86. The fraction of sp³-hybridized carbons (Fsp3) is 0.190. The molecular formula is C21H22N4O3. The SMILES string of the molecule is COc1cccc(CCNc2nc(C)cc(Nc3cccc(C(=O)O)c3)n2)c1. The maximum Gasteiger partial charge on any atom is 0.335 e. The third kappa shape index (κ3) is 5.20. The molecule has 144 valence electrons. The van der Waals surface area contributed by atoms with Crippen LogP contribution in [0, 0.1) is 6.92 Å². The summed E-state index contributed by atoms with van der Waals surface area (Å²) in [6, 6.07) is 16.3. The van der Waals surface area contributed by atoms with Crippen LogP contribution in [0.2, 0.25) is 0 Å². The monoisotopic (exact) mass is 378 g/mol. The first-order valence-corrected chi connectivity index (χ1v) is 8.86. The van der Waals surface area contributed by atoms with Gasteiger partial charge in [0.15, 0.2) is 0 Å². The molecule has 0 aliphatic heterocycles. The van der Waals surface area contributed by atoms with Crippen LogP contribution in [0.5, 0.6) is 5.75 Å². The summed E-state index contributed by atoms with van der Waals surface area (Å²) in [4.78, 5) is 20.0. The number of hydrogen-bond acceptors (Lipinski definition) is 6. The summed E-state index contributed by atoms with van der Waals surface area (Å²) in [6.45, 7) is 2.55. The number of nitrogens with zero attached hydrogens (tertiary/aromatic N) is 2. The van der Waals surface area contributed by atoms with Gasteiger partial charge < -0.3 is 20.5 Å². The number of aromatic carboxylic acids is 1. The minimum absolute atomic E-state index is 0.215. The van der Waals surface area contributed by atoms with Gasteiger partial charge in [0.1, 0.15) is 11.6 Å². The molecule has 0 unspecified atom stereocenters. The van der Waals surface area contributed by atoms with Crippen molar-refractivity contribution < 1.29 is 14.6 Å². The number of hydrogen-bond donors (Lipinski definition) is 3. The van der Waals surface area contributed by atoms with E-state index >= 15 is 0 Å². The van der Waals surface area contributed by atoms with Crippen LogP contribution < -0.4 is 15.4 Å². The van der Waals surface area contributed by atoms with Crippen LogP contribution in [0.4, 0.5) is 17.5 Å². The highest BCUT2D eigenvalue weighted by atomic mass is 16.5. The number of aromatic nitrogens is 2. The van der Waals surface area contributed by atoms with Crippen LogP contribution in [-0.4, -0.2) is 34.7 Å². The Kier molecular flexibility index (Phi) is 6.06. The van der Waals surface area contributed by atoms with Crippen molar-refractivity contribution >= 4 is 23.4 Å². The molecule has 0 radical (unpaired) electrons. The van der Waals surface area contributed by atoms with Crippen molar-refractivity contribution in [2.24, 2.45) is 0 Å². The minimum atomic E-state index is -0.970. The van der Waals surface area contributed by atoms with E-state index < -0.39 is 5.97 Å². The first-order chi connectivity index (χ1) is 13.5. The lowest BCUT2D eigenvalue weighted by atomic mass is 10.1. The third-order valence-corrected chi connectivity index (χ3v) is 4.07. The van der Waals surface area contributed by atoms with Crippen molar-refractivity contribution in [1.29, 1.82) is 0 Å². The van der Waals surface area contributed by atoms with Crippen LogP contribution in [0.3, 0.4) is 0 Å². The van der Waals surface area contributed by atoms with Crippen molar-refractivity contribution in [3.63, 3.8) is 0 Å². The molecule has 2 aromatic carbocycles. The smallest absolute Gasteiger partial charge is 0.335 e. The maximum absolute atomic E-state index is 11.1. The lowest BCUT2D eigenvalue weighted by Crippen LogP contribution is -2.09. The van der Waals surface area contributed by atoms with Gasteiger partial charge in [-0.2, -0.15) is 4.98 Å². The number of aryl methyl sites for hydroxylation is 1. The van der Waals surface area contributed by atoms with E-state index in [1.54, 1.807) is 37.4 Å². The Morgan fingerprint density at radius 1 is 1.11 bits per heavy atom. The van der Waals surface area contributed by atoms with Crippen LogP contribution in [0.15, 0.2) is 54.6 Å². The van der Waals surface area contributed by atoms with Gasteiger partial charge in [0.05, 0.1) is 12.7 Å². The molecule has 7 heteroatoms. The molecule has 0 saturated heterocycles. The third-order valence-electron chi connectivity index (χ3n) is 4.07. The Morgan fingerprint density at radius 2 is 1.93 bits per heavy atom. The highest BCUT2D eigenvalue weighted by Crippen LogP contribution is 2.18. The molecule has 3 N–H and O–H groups in total. The summed E-state index contributed by atoms with van der Waals surface area (Å²) in [5.74, 6) is 0.973. The summed E-state index contributed by atoms with van der Waals surface area (Å²) < 4.78 is 5.24. The molecule has 3 aromatic rings. The van der Waals surface area contributed by atoms with Crippen molar-refractivity contribution in [2.75, 3.05) is 24.3 Å². The number of rotatable bonds is 8. The molecule has 1 heterocycles. The summed E-state index contributed by atoms with van der Waals surface area (Å²) >= 11 is 0. The van der Waals surface area contributed by atoms with Crippen molar-refractivity contribution in [3.8, 4) is 5.75 Å². The minimum Gasteiger partial charge on any atom is -0.497 e. The molecule has 1 aromatic heterocycles. The number of carboxylic acids is 1. The molecule has 0 aliphatic rings. The normalized spacial score (nSPS) is 10.4. The first kappa shape index (κ1) is 19.2. The number of carbonyl (C=O) groups is 1. The quantitative estimate of drug-likeness (QED) is 0.547. The summed E-state index contributed by atoms with van der Waals surface area (Å²) in [7, 11) is 1.65. The van der Waals surface area contributed by atoms with E-state index in [9.17, 15) is 4.79 Å². The van der Waals surface area contributed by atoms with E-state index in [-0.39, 0.29) is 5.56 Å². The van der Waals surface area contributed by atoms with Crippen molar-refractivity contribution in [3.05, 3.63) is 71.4 Å². The Morgan fingerprint density at radius 3 is 2.71 bits per heavy atom. The van der Waals surface area contributed by atoms with E-state index in [0.717, 1.165) is 23.4 Å². The molecule has 0 aliphatic carbocycles. The highest BCUT2D eigenvalue weighted by Gasteiger charge is 2.06. The maximum atomic E-state index is 11.1. The highest BCUT2D eigenvalue weighted by molar-refractivity contribution is 5.89. The number of nitrogens with one attached hydrogen (secondary N) is 2. The van der Waals surface area contributed by atoms with E-state index in [1.807, 2.05) is 31.2 Å². The average Bonchev–Trinajstić information content (AvgIpc) is 2.68. The Balaban J connectivity index is 1.66. The molecule has 0 bridgehead atoms. The second kappa shape index (κ2) is 8.85. The Hall–Kier alpha value is -3.61. The van der Waals surface area contributed by atoms with E-state index in [0.29, 0.717) is 24.0 Å². The van der Waals surface area contributed by atoms with Crippen LogP contribution in [-0.2, 0) is 6.42 Å². The standard InChI is InChI=1S/C21H22N4O3/c1-14-11-19(24-17-7-4-6-16(13-17)20(26)27)25-21(23-14)22-10-9-15-5-3-8-18(12-15)28-2/h3-8,11-13H,9-10H2,1-2H3,(H,26,27)(H2,22,23,24,25). The largest absolute Gasteiger partial charge is 0.497 e. The van der Waals surface area contributed by atoms with E-state index in [4.69, 9.17) is 9.84 Å². The van der Waals surface area contributed by atoms with Crippen LogP contribution in [0.25, 0.3) is 0 Å². The van der Waals surface area contributed by atoms with Crippen LogP contribution >= 0.6 is 0 Å². The van der Waals surface area contributed by atoms with Gasteiger partial charge >= 0.3 is 5.97 Å². The summed E-state index contributed by atoms with van der Waals surface area (Å²) in [5.41, 5.74) is 2.83. The molecule has 3 rings (SSSR count). The van der Waals surface area contributed by atoms with Gasteiger partial charge in [-0.05, 0) is 49.2 Å². The lowest BCUT2D eigenvalue weighted by Gasteiger charge is -2.11. The number of ether oxygens (including phenoxy) is 1. The zero-order valence-electron chi connectivity index (χ0n) is 15.8. The van der Waals surface area contributed by atoms with Gasteiger partial charge in [-0.1, -0.05) is 18.2 Å². The second-order valence-electron chi connectivity index (χ2n) is 6.26. The van der Waals surface area contributed by atoms with Crippen molar-refractivity contribution in [2.45, 2.75) is 13.3 Å². The number of benzene rings is 2. The van der Waals surface area contributed by atoms with Gasteiger partial charge in [-0.3, -0.25) is 0 Å². The molecule has 0 amide bonds. The number of methoxy groups -OCH3 is 1. The summed E-state index contributed by atoms with van der Waals surface area (Å²) in [5, 5.41) is 15.5. The van der Waals surface area contributed by atoms with E-state index in [1.165, 1.54) is 0 Å². The second-order valence-corrected chi connectivity index (χ2v) is 6.26. The summed E-state index contributed by atoms with van der Waals surface area (Å²) in [6.07, 6.45) is 0.803. The van der Waals surface area contributed by atoms with Crippen molar-refractivity contribution in [1.82, 2.24) is 9.97 Å². The van der Waals surface area contributed by atoms with Crippen LogP contribution in [0.1, 0.15) is 21.6 Å². The fourth-order valence-electron chi connectivity index (χ4n) is 2.74. The molecular weight excluding hydrogens is 356 g/mol. The van der Waals surface area contributed by atoms with Gasteiger partial charge in [0, 0.05) is 24.0 Å². The molecule has 0 fully saturated rings. The van der Waals surface area contributed by atoms with E-state index in [2.05, 4.69) is 20.6 Å². The molecule has 0 spiro atoms. The fourth-order valence-corrected chi connectivity index (χ4v) is 2.74. The number of anilines is 3. The average molecular weight is 378 g/mol. The molecule has 0 atom stereocenters. The van der Waals surface area contributed by atoms with Gasteiger partial charge in [-0.25, -0.2) is 9.78 Å². The predicted octanol–water partition coefficient (Wildman–Crippen LogP) is 3.89. The molecule has 7 nitrogen and oxygen atoms in total. The van der Waals surface area contributed by atoms with Gasteiger partial charge in [0.2, 0.25) is 5.95 Å². The zero-order valence-corrected chi connectivity index (χ0v) is 15.8. The van der Waals surface area contributed by atoms with Gasteiger partial charge in [-0.15, -0.1) is 0 Å². The Bertz CT molecular complexity index is 975. The topological polar surface area (TPSA) is 96.4 Å². The zero-order chi connectivity index (χ0) is 19.9. The lowest BCUT2D eigenvalue weighted by molar-refractivity contribution is 0.0697. The number of carboxylic acid groups (broad SMARTS) is 1. The van der Waals surface area contributed by atoms with Gasteiger partial charge in [0.25, 0.3) is 0 Å². The Labute approximate surface area is 163 Å². The molecule has 28 heavy (non-hydrogen) atoms. The molecule has 0 saturated carbocycles.